The topological polar surface area (TPSA) is 49.1 Å². The van der Waals surface area contributed by atoms with Gasteiger partial charge in [-0.2, -0.15) is 5.26 Å². The molecule has 0 bridgehead atoms. The van der Waals surface area contributed by atoms with Crippen LogP contribution in [0.25, 0.3) is 0 Å². The second-order valence-corrected chi connectivity index (χ2v) is 4.43. The van der Waals surface area contributed by atoms with E-state index in [0.717, 1.165) is 30.9 Å². The molecule has 0 amide bonds. The molecule has 0 aliphatic carbocycles. The molecule has 4 heteroatoms. The zero-order valence-electron chi connectivity index (χ0n) is 10.8. The molecule has 1 aliphatic rings. The summed E-state index contributed by atoms with van der Waals surface area (Å²) in [4.78, 5) is 6.49. The Bertz CT molecular complexity index is 502. The third-order valence-corrected chi connectivity index (χ3v) is 3.18. The van der Waals surface area contributed by atoms with Gasteiger partial charge in [-0.25, -0.2) is 4.98 Å². The van der Waals surface area contributed by atoms with Crippen molar-refractivity contribution in [2.45, 2.75) is 13.3 Å². The largest absolute Gasteiger partial charge is 0.380 e. The van der Waals surface area contributed by atoms with E-state index in [1.165, 1.54) is 5.57 Å². The van der Waals surface area contributed by atoms with E-state index in [1.807, 2.05) is 13.0 Å². The minimum Gasteiger partial charge on any atom is -0.380 e. The summed E-state index contributed by atoms with van der Waals surface area (Å²) in [5.74, 6) is 0.796. The molecule has 0 radical (unpaired) electrons. The number of anilines is 1. The third kappa shape index (κ3) is 2.52. The number of methoxy groups -OCH3 is 1. The summed E-state index contributed by atoms with van der Waals surface area (Å²) in [6.07, 6.45) is 4.90. The summed E-state index contributed by atoms with van der Waals surface area (Å²) in [5.41, 5.74) is 2.98. The molecule has 0 N–H and O–H groups in total. The number of hydrogen-bond donors (Lipinski definition) is 0. The number of aryl methyl sites for hydroxylation is 1. The molecule has 2 heterocycles. The van der Waals surface area contributed by atoms with Gasteiger partial charge in [-0.1, -0.05) is 6.08 Å². The summed E-state index contributed by atoms with van der Waals surface area (Å²) in [5, 5.41) is 9.21. The third-order valence-electron chi connectivity index (χ3n) is 3.18. The molecule has 0 fully saturated rings. The van der Waals surface area contributed by atoms with Crippen molar-refractivity contribution in [3.63, 3.8) is 0 Å². The molecule has 0 saturated carbocycles. The van der Waals surface area contributed by atoms with E-state index < -0.39 is 0 Å². The number of rotatable bonds is 3. The van der Waals surface area contributed by atoms with E-state index in [-0.39, 0.29) is 0 Å². The predicted octanol–water partition coefficient (Wildman–Crippen LogP) is 2.04. The van der Waals surface area contributed by atoms with Crippen LogP contribution in [0.5, 0.6) is 0 Å². The average molecular weight is 243 g/mol. The Morgan fingerprint density at radius 3 is 3.00 bits per heavy atom. The van der Waals surface area contributed by atoms with Crippen LogP contribution in [-0.4, -0.2) is 31.8 Å². The fraction of sp³-hybridized carbons (Fsp3) is 0.429. The Kier molecular flexibility index (Phi) is 3.96. The number of ether oxygens (including phenoxy) is 1. The van der Waals surface area contributed by atoms with E-state index in [9.17, 15) is 5.26 Å². The van der Waals surface area contributed by atoms with Crippen LogP contribution < -0.4 is 4.90 Å². The van der Waals surface area contributed by atoms with Gasteiger partial charge in [0.05, 0.1) is 12.2 Å². The van der Waals surface area contributed by atoms with Crippen LogP contribution in [0, 0.1) is 18.3 Å². The van der Waals surface area contributed by atoms with Crippen molar-refractivity contribution in [1.82, 2.24) is 4.98 Å². The fourth-order valence-electron chi connectivity index (χ4n) is 2.14. The van der Waals surface area contributed by atoms with Crippen LogP contribution in [0.2, 0.25) is 0 Å². The van der Waals surface area contributed by atoms with Crippen molar-refractivity contribution >= 4 is 5.82 Å². The predicted molar refractivity (Wildman–Crippen MR) is 70.5 cm³/mol. The van der Waals surface area contributed by atoms with Gasteiger partial charge in [0, 0.05) is 26.4 Å². The lowest BCUT2D eigenvalue weighted by Crippen LogP contribution is -2.30. The number of nitrogens with zero attached hydrogens (tertiary/aromatic N) is 3. The maximum Gasteiger partial charge on any atom is 0.147 e. The molecule has 1 aromatic rings. The first kappa shape index (κ1) is 12.6. The van der Waals surface area contributed by atoms with Crippen LogP contribution in [0.3, 0.4) is 0 Å². The molecule has 0 unspecified atom stereocenters. The van der Waals surface area contributed by atoms with Gasteiger partial charge in [-0.15, -0.1) is 0 Å². The first-order valence-electron chi connectivity index (χ1n) is 6.03. The Morgan fingerprint density at radius 1 is 1.56 bits per heavy atom. The molecule has 0 aromatic carbocycles. The molecule has 18 heavy (non-hydrogen) atoms. The van der Waals surface area contributed by atoms with Crippen LogP contribution >= 0.6 is 0 Å². The van der Waals surface area contributed by atoms with Crippen LogP contribution in [0.4, 0.5) is 5.82 Å². The number of pyridine rings is 1. The molecule has 94 valence electrons. The lowest BCUT2D eigenvalue weighted by atomic mass is 10.1. The summed E-state index contributed by atoms with van der Waals surface area (Å²) in [7, 11) is 1.71. The Morgan fingerprint density at radius 2 is 2.39 bits per heavy atom. The minimum atomic E-state index is 0.682. The lowest BCUT2D eigenvalue weighted by molar-refractivity contribution is 0.222. The van der Waals surface area contributed by atoms with Gasteiger partial charge < -0.3 is 9.64 Å². The van der Waals surface area contributed by atoms with Gasteiger partial charge >= 0.3 is 0 Å². The van der Waals surface area contributed by atoms with Gasteiger partial charge in [-0.05, 0) is 30.5 Å². The average Bonchev–Trinajstić information content (AvgIpc) is 2.40. The smallest absolute Gasteiger partial charge is 0.147 e. The van der Waals surface area contributed by atoms with Crippen molar-refractivity contribution in [2.24, 2.45) is 0 Å². The summed E-state index contributed by atoms with van der Waals surface area (Å²) >= 11 is 0. The number of aromatic nitrogens is 1. The highest BCUT2D eigenvalue weighted by Gasteiger charge is 2.17. The lowest BCUT2D eigenvalue weighted by Gasteiger charge is -2.28. The zero-order valence-corrected chi connectivity index (χ0v) is 10.8. The molecule has 0 saturated heterocycles. The van der Waals surface area contributed by atoms with E-state index in [0.29, 0.717) is 12.2 Å². The first-order valence-corrected chi connectivity index (χ1v) is 6.03. The molecule has 0 atom stereocenters. The maximum absolute atomic E-state index is 9.21. The normalized spacial score (nSPS) is 15.2. The molecular formula is C14H17N3O. The second kappa shape index (κ2) is 5.65. The van der Waals surface area contributed by atoms with Crippen LogP contribution in [0.15, 0.2) is 23.9 Å². The monoisotopic (exact) mass is 243 g/mol. The van der Waals surface area contributed by atoms with Gasteiger partial charge in [0.2, 0.25) is 0 Å². The summed E-state index contributed by atoms with van der Waals surface area (Å²) < 4.78 is 5.13. The molecule has 0 spiro atoms. The van der Waals surface area contributed by atoms with Gasteiger partial charge in [-0.3, -0.25) is 0 Å². The summed E-state index contributed by atoms with van der Waals surface area (Å²) in [6.45, 7) is 4.32. The maximum atomic E-state index is 9.21. The van der Waals surface area contributed by atoms with Gasteiger partial charge in [0.15, 0.2) is 0 Å². The van der Waals surface area contributed by atoms with E-state index in [4.69, 9.17) is 4.74 Å². The van der Waals surface area contributed by atoms with Crippen LogP contribution in [0.1, 0.15) is 17.5 Å². The Hall–Kier alpha value is -1.86. The SMILES string of the molecule is COCC1=CCN(c2nccc(C)c2C#N)CC1. The van der Waals surface area contributed by atoms with Gasteiger partial charge in [0.1, 0.15) is 11.9 Å². The Balaban J connectivity index is 2.20. The standard InChI is InChI=1S/C14H17N3O/c1-11-3-6-16-14(13(11)9-15)17-7-4-12(5-8-17)10-18-2/h3-4,6H,5,7-8,10H2,1-2H3. The molecule has 4 nitrogen and oxygen atoms in total. The first-order chi connectivity index (χ1) is 8.76. The fourth-order valence-corrected chi connectivity index (χ4v) is 2.14. The molecule has 2 rings (SSSR count). The van der Waals surface area contributed by atoms with Crippen molar-refractivity contribution in [3.05, 3.63) is 35.0 Å². The van der Waals surface area contributed by atoms with Crippen LogP contribution in [-0.2, 0) is 4.74 Å². The van der Waals surface area contributed by atoms with Crippen molar-refractivity contribution < 1.29 is 4.74 Å². The highest BCUT2D eigenvalue weighted by atomic mass is 16.5. The van der Waals surface area contributed by atoms with E-state index >= 15 is 0 Å². The highest BCUT2D eigenvalue weighted by Crippen LogP contribution is 2.23. The molecule has 1 aromatic heterocycles. The van der Waals surface area contributed by atoms with Crippen molar-refractivity contribution in [2.75, 3.05) is 31.7 Å². The molecular weight excluding hydrogens is 226 g/mol. The second-order valence-electron chi connectivity index (χ2n) is 4.43. The quantitative estimate of drug-likeness (QED) is 0.762. The number of nitriles is 1. The van der Waals surface area contributed by atoms with Crippen molar-refractivity contribution in [1.29, 1.82) is 5.26 Å². The van der Waals surface area contributed by atoms with E-state index in [1.54, 1.807) is 13.3 Å². The Labute approximate surface area is 108 Å². The summed E-state index contributed by atoms with van der Waals surface area (Å²) in [6, 6.07) is 4.12. The van der Waals surface area contributed by atoms with Gasteiger partial charge in [0.25, 0.3) is 0 Å². The zero-order chi connectivity index (χ0) is 13.0. The highest BCUT2D eigenvalue weighted by molar-refractivity contribution is 5.58. The van der Waals surface area contributed by atoms with E-state index in [2.05, 4.69) is 22.0 Å². The van der Waals surface area contributed by atoms with Crippen molar-refractivity contribution in [3.8, 4) is 6.07 Å². The number of hydrogen-bond acceptors (Lipinski definition) is 4. The minimum absolute atomic E-state index is 0.682. The molecule has 1 aliphatic heterocycles.